The first kappa shape index (κ1) is 12.6. The number of hydrogen-bond donors (Lipinski definition) is 1. The smallest absolute Gasteiger partial charge is 0.133 e. The molecule has 0 radical (unpaired) electrons. The SMILES string of the molecule is COc1ccccc1CNCCc1nncn1C. The molecule has 1 aromatic carbocycles. The van der Waals surface area contributed by atoms with E-state index in [1.54, 1.807) is 13.4 Å². The molecule has 5 heteroatoms. The van der Waals surface area contributed by atoms with Crippen LogP contribution in [0.5, 0.6) is 5.75 Å². The summed E-state index contributed by atoms with van der Waals surface area (Å²) in [6.45, 7) is 1.66. The number of aromatic nitrogens is 3. The van der Waals surface area contributed by atoms with Gasteiger partial charge in [0.15, 0.2) is 0 Å². The maximum absolute atomic E-state index is 5.30. The zero-order valence-electron chi connectivity index (χ0n) is 10.8. The molecule has 0 spiro atoms. The largest absolute Gasteiger partial charge is 0.496 e. The van der Waals surface area contributed by atoms with Gasteiger partial charge in [-0.3, -0.25) is 0 Å². The van der Waals surface area contributed by atoms with Crippen molar-refractivity contribution >= 4 is 0 Å². The van der Waals surface area contributed by atoms with Crippen LogP contribution >= 0.6 is 0 Å². The first-order valence-corrected chi connectivity index (χ1v) is 5.96. The Kier molecular flexibility index (Phi) is 4.30. The van der Waals surface area contributed by atoms with Gasteiger partial charge in [-0.25, -0.2) is 0 Å². The van der Waals surface area contributed by atoms with Gasteiger partial charge in [0.1, 0.15) is 17.9 Å². The summed E-state index contributed by atoms with van der Waals surface area (Å²) in [6, 6.07) is 8.03. The van der Waals surface area contributed by atoms with E-state index in [0.29, 0.717) is 0 Å². The Morgan fingerprint density at radius 1 is 1.33 bits per heavy atom. The van der Waals surface area contributed by atoms with Crippen LogP contribution in [0.4, 0.5) is 0 Å². The van der Waals surface area contributed by atoms with Gasteiger partial charge in [0.25, 0.3) is 0 Å². The first-order chi connectivity index (χ1) is 8.81. The Bertz CT molecular complexity index is 495. The number of para-hydroxylation sites is 1. The van der Waals surface area contributed by atoms with Gasteiger partial charge in [-0.05, 0) is 6.07 Å². The fourth-order valence-electron chi connectivity index (χ4n) is 1.81. The summed E-state index contributed by atoms with van der Waals surface area (Å²) in [6.07, 6.45) is 2.58. The number of hydrogen-bond acceptors (Lipinski definition) is 4. The first-order valence-electron chi connectivity index (χ1n) is 5.96. The fraction of sp³-hybridized carbons (Fsp3) is 0.385. The summed E-state index contributed by atoms with van der Waals surface area (Å²) in [4.78, 5) is 0. The van der Waals surface area contributed by atoms with Gasteiger partial charge in [0.2, 0.25) is 0 Å². The van der Waals surface area contributed by atoms with Gasteiger partial charge < -0.3 is 14.6 Å². The van der Waals surface area contributed by atoms with Gasteiger partial charge in [-0.1, -0.05) is 18.2 Å². The van der Waals surface area contributed by atoms with E-state index in [2.05, 4.69) is 21.6 Å². The molecule has 18 heavy (non-hydrogen) atoms. The van der Waals surface area contributed by atoms with Crippen LogP contribution in [0.15, 0.2) is 30.6 Å². The zero-order valence-corrected chi connectivity index (χ0v) is 10.8. The second kappa shape index (κ2) is 6.16. The number of benzene rings is 1. The van der Waals surface area contributed by atoms with E-state index in [1.165, 1.54) is 0 Å². The molecule has 1 heterocycles. The lowest BCUT2D eigenvalue weighted by molar-refractivity contribution is 0.407. The van der Waals surface area contributed by atoms with Gasteiger partial charge in [0.05, 0.1) is 7.11 Å². The van der Waals surface area contributed by atoms with Crippen LogP contribution < -0.4 is 10.1 Å². The summed E-state index contributed by atoms with van der Waals surface area (Å²) in [5.74, 6) is 1.91. The summed E-state index contributed by atoms with van der Waals surface area (Å²) < 4.78 is 7.24. The van der Waals surface area contributed by atoms with Crippen molar-refractivity contribution in [3.05, 3.63) is 42.0 Å². The Hall–Kier alpha value is -1.88. The average molecular weight is 246 g/mol. The van der Waals surface area contributed by atoms with E-state index in [0.717, 1.165) is 36.6 Å². The molecule has 0 fully saturated rings. The molecule has 1 N–H and O–H groups in total. The van der Waals surface area contributed by atoms with Crippen molar-refractivity contribution in [2.45, 2.75) is 13.0 Å². The molecule has 0 saturated heterocycles. The molecule has 0 aliphatic rings. The van der Waals surface area contributed by atoms with Crippen LogP contribution in [-0.4, -0.2) is 28.4 Å². The van der Waals surface area contributed by atoms with Gasteiger partial charge in [-0.2, -0.15) is 0 Å². The van der Waals surface area contributed by atoms with Crippen molar-refractivity contribution in [3.8, 4) is 5.75 Å². The van der Waals surface area contributed by atoms with Crippen molar-refractivity contribution in [2.75, 3.05) is 13.7 Å². The third-order valence-electron chi connectivity index (χ3n) is 2.84. The van der Waals surface area contributed by atoms with Crippen molar-refractivity contribution in [3.63, 3.8) is 0 Å². The molecule has 0 unspecified atom stereocenters. The van der Waals surface area contributed by atoms with Crippen molar-refractivity contribution < 1.29 is 4.74 Å². The highest BCUT2D eigenvalue weighted by atomic mass is 16.5. The fourth-order valence-corrected chi connectivity index (χ4v) is 1.81. The van der Waals surface area contributed by atoms with Crippen LogP contribution in [0, 0.1) is 0 Å². The predicted molar refractivity (Wildman–Crippen MR) is 69.4 cm³/mol. The highest BCUT2D eigenvalue weighted by Crippen LogP contribution is 2.16. The van der Waals surface area contributed by atoms with E-state index in [-0.39, 0.29) is 0 Å². The molecule has 1 aromatic heterocycles. The minimum Gasteiger partial charge on any atom is -0.496 e. The number of ether oxygens (including phenoxy) is 1. The summed E-state index contributed by atoms with van der Waals surface area (Å²) in [5, 5.41) is 11.3. The van der Waals surface area contributed by atoms with E-state index in [1.807, 2.05) is 29.8 Å². The minimum atomic E-state index is 0.794. The quantitative estimate of drug-likeness (QED) is 0.777. The van der Waals surface area contributed by atoms with E-state index < -0.39 is 0 Å². The lowest BCUT2D eigenvalue weighted by atomic mass is 10.2. The number of nitrogens with one attached hydrogen (secondary N) is 1. The number of rotatable bonds is 6. The van der Waals surface area contributed by atoms with E-state index in [9.17, 15) is 0 Å². The van der Waals surface area contributed by atoms with Crippen LogP contribution in [0.1, 0.15) is 11.4 Å². The Morgan fingerprint density at radius 3 is 2.89 bits per heavy atom. The zero-order chi connectivity index (χ0) is 12.8. The van der Waals surface area contributed by atoms with Crippen LogP contribution in [0.3, 0.4) is 0 Å². The highest BCUT2D eigenvalue weighted by molar-refractivity contribution is 5.32. The second-order valence-electron chi connectivity index (χ2n) is 4.10. The van der Waals surface area contributed by atoms with Gasteiger partial charge in [-0.15, -0.1) is 10.2 Å². The lowest BCUT2D eigenvalue weighted by Gasteiger charge is -2.09. The van der Waals surface area contributed by atoms with Crippen molar-refractivity contribution in [2.24, 2.45) is 7.05 Å². The third-order valence-corrected chi connectivity index (χ3v) is 2.84. The third kappa shape index (κ3) is 3.07. The number of nitrogens with zero attached hydrogens (tertiary/aromatic N) is 3. The van der Waals surface area contributed by atoms with Crippen LogP contribution in [0.2, 0.25) is 0 Å². The molecule has 2 aromatic rings. The standard InChI is InChI=1S/C13H18N4O/c1-17-10-15-16-13(17)7-8-14-9-11-5-3-4-6-12(11)18-2/h3-6,10,14H,7-9H2,1-2H3. The van der Waals surface area contributed by atoms with Gasteiger partial charge >= 0.3 is 0 Å². The maximum Gasteiger partial charge on any atom is 0.133 e. The molecule has 0 atom stereocenters. The molecule has 0 amide bonds. The summed E-state index contributed by atoms with van der Waals surface area (Å²) in [5.41, 5.74) is 1.16. The van der Waals surface area contributed by atoms with E-state index in [4.69, 9.17) is 4.74 Å². The van der Waals surface area contributed by atoms with Gasteiger partial charge in [0, 0.05) is 32.1 Å². The number of aryl methyl sites for hydroxylation is 1. The predicted octanol–water partition coefficient (Wildman–Crippen LogP) is 1.16. The maximum atomic E-state index is 5.30. The molecular weight excluding hydrogens is 228 g/mol. The second-order valence-corrected chi connectivity index (χ2v) is 4.10. The van der Waals surface area contributed by atoms with Crippen LogP contribution in [-0.2, 0) is 20.0 Å². The Labute approximate surface area is 107 Å². The van der Waals surface area contributed by atoms with E-state index >= 15 is 0 Å². The molecule has 5 nitrogen and oxygen atoms in total. The molecule has 0 aliphatic heterocycles. The topological polar surface area (TPSA) is 52.0 Å². The Balaban J connectivity index is 1.80. The molecule has 0 saturated carbocycles. The number of methoxy groups -OCH3 is 1. The van der Waals surface area contributed by atoms with Crippen LogP contribution in [0.25, 0.3) is 0 Å². The molecule has 2 rings (SSSR count). The normalized spacial score (nSPS) is 10.6. The molecular formula is C13H18N4O. The Morgan fingerprint density at radius 2 is 2.17 bits per heavy atom. The highest BCUT2D eigenvalue weighted by Gasteiger charge is 2.02. The minimum absolute atomic E-state index is 0.794. The molecule has 96 valence electrons. The monoisotopic (exact) mass is 246 g/mol. The van der Waals surface area contributed by atoms with Crippen molar-refractivity contribution in [1.29, 1.82) is 0 Å². The molecule has 0 bridgehead atoms. The molecule has 0 aliphatic carbocycles. The average Bonchev–Trinajstić information content (AvgIpc) is 2.81. The lowest BCUT2D eigenvalue weighted by Crippen LogP contribution is -2.18. The summed E-state index contributed by atoms with van der Waals surface area (Å²) >= 11 is 0. The summed E-state index contributed by atoms with van der Waals surface area (Å²) in [7, 11) is 3.65. The van der Waals surface area contributed by atoms with Crippen molar-refractivity contribution in [1.82, 2.24) is 20.1 Å².